The Hall–Kier alpha value is -3.09. The highest BCUT2D eigenvalue weighted by molar-refractivity contribution is 6.04. The number of carbonyl (C=O) groups excluding carboxylic acids is 1. The van der Waals surface area contributed by atoms with Gasteiger partial charge in [-0.3, -0.25) is 0 Å². The fourth-order valence-electron chi connectivity index (χ4n) is 2.79. The highest BCUT2D eigenvalue weighted by atomic mass is 16.5. The van der Waals surface area contributed by atoms with Crippen molar-refractivity contribution in [3.05, 3.63) is 35.5 Å². The summed E-state index contributed by atoms with van der Waals surface area (Å²) in [5, 5.41) is 4.65. The van der Waals surface area contributed by atoms with Crippen molar-refractivity contribution in [1.82, 2.24) is 10.1 Å². The van der Waals surface area contributed by atoms with E-state index in [9.17, 15) is 4.79 Å². The molecule has 2 heterocycles. The molecule has 0 radical (unpaired) electrons. The molecule has 0 fully saturated rings. The minimum Gasteiger partial charge on any atom is -0.497 e. The highest BCUT2D eigenvalue weighted by Crippen LogP contribution is 2.36. The van der Waals surface area contributed by atoms with Gasteiger partial charge >= 0.3 is 5.97 Å². The summed E-state index contributed by atoms with van der Waals surface area (Å²) in [5.74, 6) is 0.816. The molecule has 2 aromatic heterocycles. The zero-order valence-corrected chi connectivity index (χ0v) is 15.3. The van der Waals surface area contributed by atoms with Crippen LogP contribution in [0.15, 0.2) is 28.8 Å². The fourth-order valence-corrected chi connectivity index (χ4v) is 2.79. The van der Waals surface area contributed by atoms with Gasteiger partial charge in [-0.15, -0.1) is 0 Å². The molecular formula is C19H20N2O5. The van der Waals surface area contributed by atoms with Crippen LogP contribution in [0.3, 0.4) is 0 Å². The topological polar surface area (TPSA) is 83.7 Å². The van der Waals surface area contributed by atoms with Crippen molar-refractivity contribution < 1.29 is 23.5 Å². The Balaban J connectivity index is 2.27. The second-order valence-electron chi connectivity index (χ2n) is 6.02. The first-order chi connectivity index (χ1) is 12.5. The molecule has 0 unspecified atom stereocenters. The van der Waals surface area contributed by atoms with E-state index in [1.807, 2.05) is 19.9 Å². The van der Waals surface area contributed by atoms with E-state index in [0.29, 0.717) is 39.4 Å². The summed E-state index contributed by atoms with van der Waals surface area (Å²) in [4.78, 5) is 16.9. The van der Waals surface area contributed by atoms with Crippen LogP contribution in [0.1, 0.15) is 35.8 Å². The molecule has 0 aliphatic heterocycles. The molecule has 0 bridgehead atoms. The van der Waals surface area contributed by atoms with E-state index in [-0.39, 0.29) is 11.6 Å². The molecule has 136 valence electrons. The number of ether oxygens (including phenoxy) is 3. The van der Waals surface area contributed by atoms with Gasteiger partial charge < -0.3 is 18.7 Å². The first-order valence-corrected chi connectivity index (χ1v) is 8.11. The summed E-state index contributed by atoms with van der Waals surface area (Å²) in [6.45, 7) is 3.94. The molecule has 1 aromatic carbocycles. The van der Waals surface area contributed by atoms with Crippen molar-refractivity contribution in [1.29, 1.82) is 0 Å². The van der Waals surface area contributed by atoms with Crippen LogP contribution in [0.2, 0.25) is 0 Å². The molecule has 7 nitrogen and oxygen atoms in total. The summed E-state index contributed by atoms with van der Waals surface area (Å²) in [6.07, 6.45) is 0. The summed E-state index contributed by atoms with van der Waals surface area (Å²) in [7, 11) is 4.48. The number of nitrogens with zero attached hydrogens (tertiary/aromatic N) is 2. The molecule has 3 aromatic rings. The number of hydrogen-bond donors (Lipinski definition) is 0. The SMILES string of the molecule is COC(=O)c1cc(-c2ccc(OC)cc2OC)nc2onc(C(C)C)c12. The predicted molar refractivity (Wildman–Crippen MR) is 95.8 cm³/mol. The van der Waals surface area contributed by atoms with Gasteiger partial charge in [-0.25, -0.2) is 9.78 Å². The average Bonchev–Trinajstić information content (AvgIpc) is 3.10. The van der Waals surface area contributed by atoms with Crippen LogP contribution >= 0.6 is 0 Å². The van der Waals surface area contributed by atoms with Gasteiger partial charge in [-0.1, -0.05) is 19.0 Å². The fraction of sp³-hybridized carbons (Fsp3) is 0.316. The number of benzene rings is 1. The van der Waals surface area contributed by atoms with Gasteiger partial charge in [0, 0.05) is 11.6 Å². The molecule has 26 heavy (non-hydrogen) atoms. The lowest BCUT2D eigenvalue weighted by atomic mass is 10.0. The van der Waals surface area contributed by atoms with E-state index in [1.165, 1.54) is 7.11 Å². The smallest absolute Gasteiger partial charge is 0.338 e. The van der Waals surface area contributed by atoms with Gasteiger partial charge in [0.1, 0.15) is 11.5 Å². The Bertz CT molecular complexity index is 962. The molecule has 0 aliphatic rings. The highest BCUT2D eigenvalue weighted by Gasteiger charge is 2.23. The molecule has 0 spiro atoms. The lowest BCUT2D eigenvalue weighted by Crippen LogP contribution is -2.05. The van der Waals surface area contributed by atoms with Gasteiger partial charge in [0.05, 0.1) is 43.7 Å². The third-order valence-electron chi connectivity index (χ3n) is 4.11. The Morgan fingerprint density at radius 3 is 2.50 bits per heavy atom. The number of aromatic nitrogens is 2. The van der Waals surface area contributed by atoms with Crippen LogP contribution in [0.4, 0.5) is 0 Å². The predicted octanol–water partition coefficient (Wildman–Crippen LogP) is 3.82. The number of fused-ring (bicyclic) bond motifs is 1. The lowest BCUT2D eigenvalue weighted by Gasteiger charge is -2.11. The number of hydrogen-bond acceptors (Lipinski definition) is 7. The zero-order valence-electron chi connectivity index (χ0n) is 15.3. The molecular weight excluding hydrogens is 336 g/mol. The summed E-state index contributed by atoms with van der Waals surface area (Å²) in [5.41, 5.74) is 2.52. The van der Waals surface area contributed by atoms with E-state index in [2.05, 4.69) is 10.1 Å². The Kier molecular flexibility index (Phi) is 4.79. The molecule has 0 aliphatic carbocycles. The second kappa shape index (κ2) is 7.03. The maximum atomic E-state index is 12.4. The first-order valence-electron chi connectivity index (χ1n) is 8.11. The quantitative estimate of drug-likeness (QED) is 0.643. The summed E-state index contributed by atoms with van der Waals surface area (Å²) >= 11 is 0. The van der Waals surface area contributed by atoms with E-state index in [0.717, 1.165) is 0 Å². The third-order valence-corrected chi connectivity index (χ3v) is 4.11. The van der Waals surface area contributed by atoms with Gasteiger partial charge in [0.2, 0.25) is 0 Å². The Labute approximate surface area is 150 Å². The molecule has 0 saturated carbocycles. The van der Waals surface area contributed by atoms with Crippen molar-refractivity contribution in [2.24, 2.45) is 0 Å². The molecule has 0 N–H and O–H groups in total. The van der Waals surface area contributed by atoms with E-state index >= 15 is 0 Å². The number of esters is 1. The van der Waals surface area contributed by atoms with Gasteiger partial charge in [-0.2, -0.15) is 0 Å². The molecule has 3 rings (SSSR count). The summed E-state index contributed by atoms with van der Waals surface area (Å²) < 4.78 is 21.0. The second-order valence-corrected chi connectivity index (χ2v) is 6.02. The molecule has 0 amide bonds. The van der Waals surface area contributed by atoms with E-state index in [1.54, 1.807) is 32.4 Å². The van der Waals surface area contributed by atoms with Crippen molar-refractivity contribution in [3.63, 3.8) is 0 Å². The van der Waals surface area contributed by atoms with Crippen LogP contribution in [0, 0.1) is 0 Å². The zero-order chi connectivity index (χ0) is 18.8. The van der Waals surface area contributed by atoms with E-state index < -0.39 is 5.97 Å². The third kappa shape index (κ3) is 2.96. The summed E-state index contributed by atoms with van der Waals surface area (Å²) in [6, 6.07) is 7.02. The maximum absolute atomic E-state index is 12.4. The molecule has 0 saturated heterocycles. The van der Waals surface area contributed by atoms with Crippen molar-refractivity contribution in [2.75, 3.05) is 21.3 Å². The normalized spacial score (nSPS) is 11.0. The van der Waals surface area contributed by atoms with Crippen molar-refractivity contribution >= 4 is 17.1 Å². The van der Waals surface area contributed by atoms with Crippen molar-refractivity contribution in [2.45, 2.75) is 19.8 Å². The first kappa shape index (κ1) is 17.7. The number of pyridine rings is 1. The van der Waals surface area contributed by atoms with Gasteiger partial charge in [-0.05, 0) is 24.1 Å². The maximum Gasteiger partial charge on any atom is 0.338 e. The van der Waals surface area contributed by atoms with Crippen LogP contribution in [0.5, 0.6) is 11.5 Å². The number of methoxy groups -OCH3 is 3. The van der Waals surface area contributed by atoms with Crippen LogP contribution < -0.4 is 9.47 Å². The monoisotopic (exact) mass is 356 g/mol. The van der Waals surface area contributed by atoms with Crippen molar-refractivity contribution in [3.8, 4) is 22.8 Å². The van der Waals surface area contributed by atoms with E-state index in [4.69, 9.17) is 18.7 Å². The van der Waals surface area contributed by atoms with Crippen LogP contribution in [-0.4, -0.2) is 37.4 Å². The van der Waals surface area contributed by atoms with Crippen LogP contribution in [-0.2, 0) is 4.74 Å². The average molecular weight is 356 g/mol. The largest absolute Gasteiger partial charge is 0.497 e. The van der Waals surface area contributed by atoms with Gasteiger partial charge in [0.25, 0.3) is 5.71 Å². The molecule has 0 atom stereocenters. The lowest BCUT2D eigenvalue weighted by molar-refractivity contribution is 0.0603. The van der Waals surface area contributed by atoms with Crippen LogP contribution in [0.25, 0.3) is 22.4 Å². The number of rotatable bonds is 5. The Morgan fingerprint density at radius 1 is 1.12 bits per heavy atom. The standard InChI is InChI=1S/C19H20N2O5/c1-10(2)17-16-13(19(22)25-5)9-14(20-18(16)26-21-17)12-7-6-11(23-3)8-15(12)24-4/h6-10H,1-5H3. The minimum atomic E-state index is -0.476. The van der Waals surface area contributed by atoms with Gasteiger partial charge in [0.15, 0.2) is 0 Å². The minimum absolute atomic E-state index is 0.0721. The number of carbonyl (C=O) groups is 1. The Morgan fingerprint density at radius 2 is 1.88 bits per heavy atom. The molecule has 7 heteroatoms.